The number of rotatable bonds is 2. The smallest absolute Gasteiger partial charge is 0.123 e. The Morgan fingerprint density at radius 2 is 2.27 bits per heavy atom. The van der Waals surface area contributed by atoms with Gasteiger partial charge in [0, 0.05) is 6.54 Å². The number of hydrogen-bond donors (Lipinski definition) is 2. The van der Waals surface area contributed by atoms with Crippen molar-refractivity contribution in [3.05, 3.63) is 35.6 Å². The second-order valence-electron chi connectivity index (χ2n) is 2.31. The molecular weight excluding hydrogens is 145 g/mol. The third kappa shape index (κ3) is 2.00. The maximum atomic E-state index is 12.5. The molecule has 0 saturated heterocycles. The molecule has 60 valence electrons. The Bertz CT molecular complexity index is 239. The molecule has 3 heteroatoms. The van der Waals surface area contributed by atoms with Gasteiger partial charge in [-0.3, -0.25) is 0 Å². The van der Waals surface area contributed by atoms with E-state index in [9.17, 15) is 4.39 Å². The molecule has 3 N–H and O–H groups in total. The lowest BCUT2D eigenvalue weighted by atomic mass is 10.1. The van der Waals surface area contributed by atoms with E-state index in [0.29, 0.717) is 5.56 Å². The quantitative estimate of drug-likeness (QED) is 0.664. The van der Waals surface area contributed by atoms with Crippen LogP contribution in [0, 0.1) is 5.82 Å². The Morgan fingerprint density at radius 1 is 1.55 bits per heavy atom. The van der Waals surface area contributed by atoms with Gasteiger partial charge in [0.25, 0.3) is 0 Å². The summed E-state index contributed by atoms with van der Waals surface area (Å²) in [5.41, 5.74) is 5.70. The summed E-state index contributed by atoms with van der Waals surface area (Å²) in [5.74, 6) is -0.352. The average molecular weight is 155 g/mol. The van der Waals surface area contributed by atoms with Gasteiger partial charge in [0.1, 0.15) is 5.82 Å². The van der Waals surface area contributed by atoms with E-state index in [1.54, 1.807) is 12.1 Å². The van der Waals surface area contributed by atoms with Crippen molar-refractivity contribution < 1.29 is 9.50 Å². The Hall–Kier alpha value is -0.930. The Kier molecular flexibility index (Phi) is 2.57. The van der Waals surface area contributed by atoms with Crippen LogP contribution in [0.2, 0.25) is 0 Å². The summed E-state index contributed by atoms with van der Waals surface area (Å²) < 4.78 is 12.5. The molecule has 0 radical (unpaired) electrons. The highest BCUT2D eigenvalue weighted by molar-refractivity contribution is 5.18. The van der Waals surface area contributed by atoms with Crippen LogP contribution in [0.15, 0.2) is 24.3 Å². The van der Waals surface area contributed by atoms with E-state index >= 15 is 0 Å². The number of halogens is 1. The minimum absolute atomic E-state index is 0.115. The molecule has 0 fully saturated rings. The zero-order chi connectivity index (χ0) is 8.27. The van der Waals surface area contributed by atoms with Gasteiger partial charge in [-0.1, -0.05) is 12.1 Å². The van der Waals surface area contributed by atoms with Crippen LogP contribution in [0.4, 0.5) is 4.39 Å². The molecule has 0 heterocycles. The Morgan fingerprint density at radius 3 is 2.82 bits per heavy atom. The van der Waals surface area contributed by atoms with Crippen LogP contribution < -0.4 is 5.73 Å². The van der Waals surface area contributed by atoms with Crippen molar-refractivity contribution in [2.24, 2.45) is 5.73 Å². The Balaban J connectivity index is 2.86. The van der Waals surface area contributed by atoms with Crippen LogP contribution in [-0.4, -0.2) is 11.7 Å². The van der Waals surface area contributed by atoms with Gasteiger partial charge in [-0.05, 0) is 17.7 Å². The van der Waals surface area contributed by atoms with Crippen molar-refractivity contribution in [2.75, 3.05) is 6.54 Å². The highest BCUT2D eigenvalue weighted by Gasteiger charge is 2.04. The van der Waals surface area contributed by atoms with Crippen molar-refractivity contribution in [1.29, 1.82) is 0 Å². The molecule has 0 aliphatic rings. The molecule has 0 aliphatic carbocycles. The van der Waals surface area contributed by atoms with Gasteiger partial charge in [-0.2, -0.15) is 0 Å². The van der Waals surface area contributed by atoms with Crippen LogP contribution in [-0.2, 0) is 0 Å². The van der Waals surface area contributed by atoms with E-state index < -0.39 is 6.10 Å². The molecule has 1 aromatic carbocycles. The monoisotopic (exact) mass is 155 g/mol. The first-order valence-corrected chi connectivity index (χ1v) is 3.37. The lowest BCUT2D eigenvalue weighted by Crippen LogP contribution is -2.11. The minimum Gasteiger partial charge on any atom is -0.387 e. The minimum atomic E-state index is -0.759. The predicted molar refractivity (Wildman–Crippen MR) is 40.4 cm³/mol. The average Bonchev–Trinajstić information content (AvgIpc) is 2.03. The van der Waals surface area contributed by atoms with Gasteiger partial charge >= 0.3 is 0 Å². The molecule has 0 unspecified atom stereocenters. The molecule has 1 aromatic rings. The van der Waals surface area contributed by atoms with E-state index in [2.05, 4.69) is 0 Å². The molecule has 11 heavy (non-hydrogen) atoms. The van der Waals surface area contributed by atoms with Crippen LogP contribution in [0.1, 0.15) is 11.7 Å². The zero-order valence-electron chi connectivity index (χ0n) is 6.00. The summed E-state index contributed by atoms with van der Waals surface area (Å²) in [6, 6.07) is 5.79. The number of nitrogens with two attached hydrogens (primary N) is 1. The summed E-state index contributed by atoms with van der Waals surface area (Å²) in [4.78, 5) is 0. The normalized spacial score (nSPS) is 13.0. The number of aliphatic hydroxyl groups excluding tert-OH is 1. The van der Waals surface area contributed by atoms with Gasteiger partial charge in [0.05, 0.1) is 6.10 Å². The van der Waals surface area contributed by atoms with Crippen molar-refractivity contribution in [3.8, 4) is 0 Å². The molecule has 0 spiro atoms. The van der Waals surface area contributed by atoms with E-state index in [0.717, 1.165) is 0 Å². The predicted octanol–water partition coefficient (Wildman–Crippen LogP) is 0.818. The number of hydrogen-bond acceptors (Lipinski definition) is 2. The third-order valence-electron chi connectivity index (χ3n) is 1.46. The second-order valence-corrected chi connectivity index (χ2v) is 2.31. The van der Waals surface area contributed by atoms with Crippen molar-refractivity contribution in [1.82, 2.24) is 0 Å². The SMILES string of the molecule is NC[C@@H](O)c1cccc(F)c1. The highest BCUT2D eigenvalue weighted by Crippen LogP contribution is 2.11. The number of benzene rings is 1. The van der Waals surface area contributed by atoms with E-state index in [4.69, 9.17) is 10.8 Å². The van der Waals surface area contributed by atoms with Gasteiger partial charge in [-0.25, -0.2) is 4.39 Å². The Labute approximate surface area is 64.5 Å². The maximum Gasteiger partial charge on any atom is 0.123 e. The van der Waals surface area contributed by atoms with Crippen LogP contribution >= 0.6 is 0 Å². The molecule has 1 rings (SSSR count). The third-order valence-corrected chi connectivity index (χ3v) is 1.46. The lowest BCUT2D eigenvalue weighted by molar-refractivity contribution is 0.186. The highest BCUT2D eigenvalue weighted by atomic mass is 19.1. The molecular formula is C8H10FNO. The first-order valence-electron chi connectivity index (χ1n) is 3.37. The van der Waals surface area contributed by atoms with E-state index in [1.807, 2.05) is 0 Å². The molecule has 0 saturated carbocycles. The van der Waals surface area contributed by atoms with E-state index in [1.165, 1.54) is 12.1 Å². The topological polar surface area (TPSA) is 46.2 Å². The fourth-order valence-electron chi connectivity index (χ4n) is 0.850. The molecule has 2 nitrogen and oxygen atoms in total. The van der Waals surface area contributed by atoms with Crippen LogP contribution in [0.5, 0.6) is 0 Å². The van der Waals surface area contributed by atoms with Gasteiger partial charge in [0.15, 0.2) is 0 Å². The molecule has 0 aliphatic heterocycles. The zero-order valence-corrected chi connectivity index (χ0v) is 6.00. The maximum absolute atomic E-state index is 12.5. The lowest BCUT2D eigenvalue weighted by Gasteiger charge is -2.06. The van der Waals surface area contributed by atoms with Crippen molar-refractivity contribution >= 4 is 0 Å². The summed E-state index contributed by atoms with van der Waals surface area (Å²) >= 11 is 0. The van der Waals surface area contributed by atoms with Gasteiger partial charge in [-0.15, -0.1) is 0 Å². The van der Waals surface area contributed by atoms with Crippen LogP contribution in [0.25, 0.3) is 0 Å². The second kappa shape index (κ2) is 3.46. The largest absolute Gasteiger partial charge is 0.387 e. The van der Waals surface area contributed by atoms with Gasteiger partial charge in [0.2, 0.25) is 0 Å². The number of aliphatic hydroxyl groups is 1. The first kappa shape index (κ1) is 8.17. The molecule has 0 bridgehead atoms. The molecule has 0 amide bonds. The summed E-state index contributed by atoms with van der Waals surface area (Å²) in [6.45, 7) is 0.115. The fraction of sp³-hybridized carbons (Fsp3) is 0.250. The van der Waals surface area contributed by atoms with Gasteiger partial charge < -0.3 is 10.8 Å². The standard InChI is InChI=1S/C8H10FNO/c9-7-3-1-2-6(4-7)8(11)5-10/h1-4,8,11H,5,10H2/t8-/m1/s1. The summed E-state index contributed by atoms with van der Waals surface area (Å²) in [6.07, 6.45) is -0.759. The summed E-state index contributed by atoms with van der Waals surface area (Å²) in [5, 5.41) is 9.16. The first-order chi connectivity index (χ1) is 5.24. The van der Waals surface area contributed by atoms with Crippen molar-refractivity contribution in [3.63, 3.8) is 0 Å². The van der Waals surface area contributed by atoms with Crippen LogP contribution in [0.3, 0.4) is 0 Å². The fourth-order valence-corrected chi connectivity index (χ4v) is 0.850. The van der Waals surface area contributed by atoms with Crippen molar-refractivity contribution in [2.45, 2.75) is 6.10 Å². The molecule has 0 aromatic heterocycles. The summed E-state index contributed by atoms with van der Waals surface area (Å²) in [7, 11) is 0. The molecule has 1 atom stereocenters. The van der Waals surface area contributed by atoms with E-state index in [-0.39, 0.29) is 12.4 Å².